The lowest BCUT2D eigenvalue weighted by Gasteiger charge is -2.00. The molecule has 82 valence electrons. The van der Waals surface area contributed by atoms with Gasteiger partial charge < -0.3 is 0 Å². The standard InChI is InChI=1S/C13H19OS/c1-3-5-8-12(4-2)13(14)11-15-9-6-7-10-15/h3-5,8H,1,6-7,9-11H2,2H3/q+1/b8-5-,12-4+. The van der Waals surface area contributed by atoms with Crippen LogP contribution < -0.4 is 0 Å². The molecule has 1 aliphatic rings. The number of Topliss-reactive ketones (excluding diaryl/α,β-unsaturated/α-hetero) is 1. The lowest BCUT2D eigenvalue weighted by atomic mass is 10.1. The third-order valence-corrected chi connectivity index (χ3v) is 4.90. The first-order valence-corrected chi connectivity index (χ1v) is 7.14. The van der Waals surface area contributed by atoms with E-state index in [9.17, 15) is 4.79 Å². The van der Waals surface area contributed by atoms with Gasteiger partial charge in [0, 0.05) is 5.57 Å². The Morgan fingerprint density at radius 3 is 2.60 bits per heavy atom. The first kappa shape index (κ1) is 12.3. The Morgan fingerprint density at radius 2 is 2.07 bits per heavy atom. The second-order valence-corrected chi connectivity index (χ2v) is 5.96. The molecule has 0 N–H and O–H groups in total. The SMILES string of the molecule is C=C/C=C\C(=C/C)C(=O)C[S+]1CCCC1. The van der Waals surface area contributed by atoms with Crippen molar-refractivity contribution in [2.75, 3.05) is 17.3 Å². The summed E-state index contributed by atoms with van der Waals surface area (Å²) in [5, 5.41) is 0. The molecule has 15 heavy (non-hydrogen) atoms. The number of carbonyl (C=O) groups is 1. The molecule has 1 fully saturated rings. The molecular weight excluding hydrogens is 204 g/mol. The Hall–Kier alpha value is -0.760. The van der Waals surface area contributed by atoms with Crippen LogP contribution >= 0.6 is 0 Å². The molecule has 0 amide bonds. The Labute approximate surface area is 95.3 Å². The molecule has 1 heterocycles. The molecule has 0 radical (unpaired) electrons. The lowest BCUT2D eigenvalue weighted by molar-refractivity contribution is -0.113. The minimum Gasteiger partial charge on any atom is -0.289 e. The Bertz CT molecular complexity index is 283. The number of rotatable bonds is 5. The van der Waals surface area contributed by atoms with E-state index in [0.29, 0.717) is 16.7 Å². The average molecular weight is 223 g/mol. The van der Waals surface area contributed by atoms with Crippen LogP contribution in [0.25, 0.3) is 0 Å². The highest BCUT2D eigenvalue weighted by Crippen LogP contribution is 2.15. The average Bonchev–Trinajstić information content (AvgIpc) is 2.71. The van der Waals surface area contributed by atoms with Crippen molar-refractivity contribution in [3.63, 3.8) is 0 Å². The van der Waals surface area contributed by atoms with Gasteiger partial charge in [-0.3, -0.25) is 4.79 Å². The highest BCUT2D eigenvalue weighted by atomic mass is 32.2. The Kier molecular flexibility index (Phi) is 5.48. The van der Waals surface area contributed by atoms with Gasteiger partial charge in [-0.2, -0.15) is 0 Å². The largest absolute Gasteiger partial charge is 0.289 e. The smallest absolute Gasteiger partial charge is 0.211 e. The number of allylic oxidation sites excluding steroid dienone is 5. The van der Waals surface area contributed by atoms with Crippen molar-refractivity contribution in [2.24, 2.45) is 0 Å². The maximum absolute atomic E-state index is 11.9. The number of hydrogen-bond donors (Lipinski definition) is 0. The third-order valence-electron chi connectivity index (χ3n) is 2.50. The minimum atomic E-state index is 0.292. The first-order chi connectivity index (χ1) is 7.27. The summed E-state index contributed by atoms with van der Waals surface area (Å²) in [6.45, 7) is 5.52. The van der Waals surface area contributed by atoms with Crippen molar-refractivity contribution in [3.8, 4) is 0 Å². The van der Waals surface area contributed by atoms with Gasteiger partial charge in [0.25, 0.3) is 0 Å². The quantitative estimate of drug-likeness (QED) is 0.398. The maximum Gasteiger partial charge on any atom is 0.211 e. The molecule has 1 aliphatic heterocycles. The monoisotopic (exact) mass is 223 g/mol. The zero-order valence-corrected chi connectivity index (χ0v) is 10.2. The highest BCUT2D eigenvalue weighted by Gasteiger charge is 2.27. The summed E-state index contributed by atoms with van der Waals surface area (Å²) in [4.78, 5) is 11.9. The summed E-state index contributed by atoms with van der Waals surface area (Å²) >= 11 is 0. The highest BCUT2D eigenvalue weighted by molar-refractivity contribution is 7.97. The van der Waals surface area contributed by atoms with Gasteiger partial charge in [-0.05, 0) is 30.7 Å². The van der Waals surface area contributed by atoms with E-state index < -0.39 is 0 Å². The van der Waals surface area contributed by atoms with E-state index in [1.165, 1.54) is 24.3 Å². The van der Waals surface area contributed by atoms with E-state index >= 15 is 0 Å². The molecule has 1 saturated heterocycles. The van der Waals surface area contributed by atoms with Crippen LogP contribution in [0, 0.1) is 0 Å². The fraction of sp³-hybridized carbons (Fsp3) is 0.462. The molecule has 2 heteroatoms. The second kappa shape index (κ2) is 6.67. The number of carbonyl (C=O) groups excluding carboxylic acids is 1. The van der Waals surface area contributed by atoms with Crippen LogP contribution in [0.5, 0.6) is 0 Å². The first-order valence-electron chi connectivity index (χ1n) is 5.40. The van der Waals surface area contributed by atoms with E-state index in [0.717, 1.165) is 11.3 Å². The molecule has 0 spiro atoms. The Morgan fingerprint density at radius 1 is 1.40 bits per heavy atom. The fourth-order valence-electron chi connectivity index (χ4n) is 1.65. The molecule has 0 aromatic carbocycles. The molecule has 0 aromatic heterocycles. The zero-order chi connectivity index (χ0) is 11.1. The van der Waals surface area contributed by atoms with Crippen molar-refractivity contribution in [3.05, 3.63) is 36.5 Å². The summed E-state index contributed by atoms with van der Waals surface area (Å²) in [5.74, 6) is 3.56. The number of ketones is 1. The van der Waals surface area contributed by atoms with E-state index in [1.54, 1.807) is 6.08 Å². The van der Waals surface area contributed by atoms with Gasteiger partial charge in [0.2, 0.25) is 5.78 Å². The predicted molar refractivity (Wildman–Crippen MR) is 69.3 cm³/mol. The number of hydrogen-bond acceptors (Lipinski definition) is 1. The summed E-state index contributed by atoms with van der Waals surface area (Å²) in [7, 11) is 0.365. The van der Waals surface area contributed by atoms with Crippen LogP contribution in [0.15, 0.2) is 36.5 Å². The summed E-state index contributed by atoms with van der Waals surface area (Å²) < 4.78 is 0. The predicted octanol–water partition coefficient (Wildman–Crippen LogP) is 2.66. The normalized spacial score (nSPS) is 18.6. The van der Waals surface area contributed by atoms with Crippen LogP contribution in [0.2, 0.25) is 0 Å². The molecule has 0 aromatic rings. The van der Waals surface area contributed by atoms with Crippen LogP contribution in [-0.4, -0.2) is 23.0 Å². The van der Waals surface area contributed by atoms with Gasteiger partial charge in [-0.15, -0.1) is 0 Å². The van der Waals surface area contributed by atoms with Crippen molar-refractivity contribution in [1.29, 1.82) is 0 Å². The second-order valence-electron chi connectivity index (χ2n) is 3.63. The van der Waals surface area contributed by atoms with Crippen LogP contribution in [0.1, 0.15) is 19.8 Å². The van der Waals surface area contributed by atoms with Gasteiger partial charge in [-0.1, -0.05) is 30.9 Å². The maximum atomic E-state index is 11.9. The summed E-state index contributed by atoms with van der Waals surface area (Å²) in [5.41, 5.74) is 0.828. The van der Waals surface area contributed by atoms with E-state index in [1.807, 2.05) is 25.2 Å². The molecule has 1 rings (SSSR count). The zero-order valence-electron chi connectivity index (χ0n) is 9.37. The van der Waals surface area contributed by atoms with Crippen LogP contribution in [-0.2, 0) is 15.7 Å². The van der Waals surface area contributed by atoms with Gasteiger partial charge in [0.1, 0.15) is 11.5 Å². The van der Waals surface area contributed by atoms with Crippen molar-refractivity contribution in [1.82, 2.24) is 0 Å². The van der Waals surface area contributed by atoms with E-state index in [-0.39, 0.29) is 0 Å². The van der Waals surface area contributed by atoms with Crippen molar-refractivity contribution in [2.45, 2.75) is 19.8 Å². The summed E-state index contributed by atoms with van der Waals surface area (Å²) in [6, 6.07) is 0. The molecule has 0 bridgehead atoms. The van der Waals surface area contributed by atoms with Crippen LogP contribution in [0.4, 0.5) is 0 Å². The van der Waals surface area contributed by atoms with Gasteiger partial charge in [0.15, 0.2) is 5.75 Å². The molecule has 1 nitrogen and oxygen atoms in total. The molecular formula is C13H19OS+. The summed E-state index contributed by atoms with van der Waals surface area (Å²) in [6.07, 6.45) is 9.89. The van der Waals surface area contributed by atoms with E-state index in [2.05, 4.69) is 6.58 Å². The lowest BCUT2D eigenvalue weighted by Crippen LogP contribution is -2.18. The van der Waals surface area contributed by atoms with Gasteiger partial charge in [-0.25, -0.2) is 0 Å². The van der Waals surface area contributed by atoms with Gasteiger partial charge in [0.05, 0.1) is 0 Å². The van der Waals surface area contributed by atoms with Crippen LogP contribution in [0.3, 0.4) is 0 Å². The Balaban J connectivity index is 2.49. The van der Waals surface area contributed by atoms with Crippen molar-refractivity contribution >= 4 is 16.7 Å². The molecule has 0 saturated carbocycles. The molecule has 0 aliphatic carbocycles. The third kappa shape index (κ3) is 4.08. The van der Waals surface area contributed by atoms with E-state index in [4.69, 9.17) is 0 Å². The van der Waals surface area contributed by atoms with Crippen molar-refractivity contribution < 1.29 is 4.79 Å². The topological polar surface area (TPSA) is 17.1 Å². The fourth-order valence-corrected chi connectivity index (χ4v) is 3.90. The molecule has 0 unspecified atom stereocenters. The molecule has 0 atom stereocenters. The van der Waals surface area contributed by atoms with Gasteiger partial charge >= 0.3 is 0 Å². The minimum absolute atomic E-state index is 0.292.